The van der Waals surface area contributed by atoms with Crippen LogP contribution in [0.4, 0.5) is 0 Å². The Bertz CT molecular complexity index is 114. The van der Waals surface area contributed by atoms with Crippen molar-refractivity contribution in [3.05, 3.63) is 0 Å². The molecule has 0 heterocycles. The second kappa shape index (κ2) is 12.0. The molecule has 0 atom stereocenters. The van der Waals surface area contributed by atoms with Crippen LogP contribution in [0.5, 0.6) is 0 Å². The second-order valence-corrected chi connectivity index (χ2v) is 3.79. The Labute approximate surface area is 95.2 Å². The molecule has 0 aromatic rings. The molecule has 0 unspecified atom stereocenters. The van der Waals surface area contributed by atoms with Gasteiger partial charge in [-0.1, -0.05) is 13.8 Å². The molecule has 0 saturated carbocycles. The van der Waals surface area contributed by atoms with E-state index >= 15 is 0 Å². The van der Waals surface area contributed by atoms with Gasteiger partial charge in [0, 0.05) is 26.2 Å². The predicted octanol–water partition coefficient (Wildman–Crippen LogP) is 1.73. The van der Waals surface area contributed by atoms with Gasteiger partial charge in [-0.05, 0) is 32.9 Å². The second-order valence-electron chi connectivity index (χ2n) is 3.79. The fourth-order valence-corrected chi connectivity index (χ4v) is 1.62. The van der Waals surface area contributed by atoms with Crippen LogP contribution >= 0.6 is 0 Å². The maximum absolute atomic E-state index is 5.26. The number of hydrogen-bond acceptors (Lipinski definition) is 3. The van der Waals surface area contributed by atoms with Gasteiger partial charge in [-0.25, -0.2) is 0 Å². The monoisotopic (exact) mass is 216 g/mol. The van der Waals surface area contributed by atoms with Crippen LogP contribution in [0.15, 0.2) is 0 Å². The van der Waals surface area contributed by atoms with Crippen LogP contribution in [0.25, 0.3) is 0 Å². The molecule has 0 aliphatic carbocycles. The number of hydrogen-bond donors (Lipinski definition) is 1. The fourth-order valence-electron chi connectivity index (χ4n) is 1.62. The Morgan fingerprint density at radius 2 is 1.60 bits per heavy atom. The Hall–Kier alpha value is -0.120. The summed E-state index contributed by atoms with van der Waals surface area (Å²) >= 11 is 0. The average molecular weight is 216 g/mol. The van der Waals surface area contributed by atoms with Crippen molar-refractivity contribution in [1.29, 1.82) is 0 Å². The van der Waals surface area contributed by atoms with E-state index < -0.39 is 0 Å². The highest BCUT2D eigenvalue weighted by Crippen LogP contribution is 1.92. The molecule has 0 saturated heterocycles. The lowest BCUT2D eigenvalue weighted by molar-refractivity contribution is 0.148. The Balaban J connectivity index is 3.28. The van der Waals surface area contributed by atoms with E-state index in [1.54, 1.807) is 0 Å². The third-order valence-corrected chi connectivity index (χ3v) is 2.31. The van der Waals surface area contributed by atoms with Gasteiger partial charge in [0.05, 0.1) is 6.61 Å². The summed E-state index contributed by atoms with van der Waals surface area (Å²) in [5.74, 6) is 0. The lowest BCUT2D eigenvalue weighted by atomic mass is 10.3. The molecule has 0 aromatic heterocycles. The van der Waals surface area contributed by atoms with E-state index in [0.29, 0.717) is 0 Å². The van der Waals surface area contributed by atoms with E-state index in [-0.39, 0.29) is 0 Å². The highest BCUT2D eigenvalue weighted by atomic mass is 16.5. The zero-order valence-corrected chi connectivity index (χ0v) is 10.7. The van der Waals surface area contributed by atoms with Gasteiger partial charge in [0.15, 0.2) is 0 Å². The first-order valence-corrected chi connectivity index (χ1v) is 6.35. The summed E-state index contributed by atoms with van der Waals surface area (Å²) in [6.07, 6.45) is 2.50. The summed E-state index contributed by atoms with van der Waals surface area (Å²) in [5.41, 5.74) is 0. The van der Waals surface area contributed by atoms with Crippen LogP contribution in [0.3, 0.4) is 0 Å². The van der Waals surface area contributed by atoms with Gasteiger partial charge in [0.2, 0.25) is 0 Å². The molecule has 0 spiro atoms. The van der Waals surface area contributed by atoms with Crippen LogP contribution in [-0.2, 0) is 4.74 Å². The van der Waals surface area contributed by atoms with Crippen LogP contribution in [-0.4, -0.2) is 50.8 Å². The molecule has 0 aromatic carbocycles. The van der Waals surface area contributed by atoms with Gasteiger partial charge in [-0.2, -0.15) is 0 Å². The van der Waals surface area contributed by atoms with E-state index in [1.165, 1.54) is 25.9 Å². The van der Waals surface area contributed by atoms with Crippen molar-refractivity contribution in [2.45, 2.75) is 33.6 Å². The quantitative estimate of drug-likeness (QED) is 0.532. The van der Waals surface area contributed by atoms with Gasteiger partial charge in [0.1, 0.15) is 0 Å². The molecule has 3 heteroatoms. The Morgan fingerprint density at radius 1 is 0.933 bits per heavy atom. The molecule has 3 nitrogen and oxygen atoms in total. The summed E-state index contributed by atoms with van der Waals surface area (Å²) in [7, 11) is 0. The number of nitrogens with one attached hydrogen (secondary N) is 1. The smallest absolute Gasteiger partial charge is 0.0590 e. The summed E-state index contributed by atoms with van der Waals surface area (Å²) in [5, 5.41) is 3.40. The van der Waals surface area contributed by atoms with E-state index in [1.807, 2.05) is 6.92 Å². The standard InChI is InChI=1S/C12H28N2O/c1-4-9-14(10-5-2)11-7-13-8-12-15-6-3/h13H,4-12H2,1-3H3. The molecule has 1 N–H and O–H groups in total. The summed E-state index contributed by atoms with van der Waals surface area (Å²) in [6.45, 7) is 13.8. The zero-order chi connectivity index (χ0) is 11.4. The number of rotatable bonds is 11. The van der Waals surface area contributed by atoms with Crippen LogP contribution in [0, 0.1) is 0 Å². The SMILES string of the molecule is CCCN(CCC)CCNCCOCC. The third-order valence-electron chi connectivity index (χ3n) is 2.31. The Kier molecular flexibility index (Phi) is 11.9. The van der Waals surface area contributed by atoms with Crippen molar-refractivity contribution in [2.75, 3.05) is 45.9 Å². The van der Waals surface area contributed by atoms with E-state index in [4.69, 9.17) is 4.74 Å². The molecule has 15 heavy (non-hydrogen) atoms. The molecule has 0 rings (SSSR count). The minimum Gasteiger partial charge on any atom is -0.380 e. The van der Waals surface area contributed by atoms with E-state index in [0.717, 1.165) is 32.8 Å². The largest absolute Gasteiger partial charge is 0.380 e. The molecule has 92 valence electrons. The highest BCUT2D eigenvalue weighted by Gasteiger charge is 2.00. The van der Waals surface area contributed by atoms with Gasteiger partial charge in [-0.3, -0.25) is 0 Å². The third kappa shape index (κ3) is 10.2. The van der Waals surface area contributed by atoms with Crippen molar-refractivity contribution < 1.29 is 4.74 Å². The van der Waals surface area contributed by atoms with Crippen LogP contribution in [0.1, 0.15) is 33.6 Å². The maximum Gasteiger partial charge on any atom is 0.0590 e. The van der Waals surface area contributed by atoms with E-state index in [9.17, 15) is 0 Å². The lowest BCUT2D eigenvalue weighted by Gasteiger charge is -2.20. The zero-order valence-electron chi connectivity index (χ0n) is 10.7. The van der Waals surface area contributed by atoms with Crippen LogP contribution in [0.2, 0.25) is 0 Å². The minimum absolute atomic E-state index is 0.819. The van der Waals surface area contributed by atoms with Crippen molar-refractivity contribution in [2.24, 2.45) is 0 Å². The lowest BCUT2D eigenvalue weighted by Crippen LogP contribution is -2.34. The summed E-state index contributed by atoms with van der Waals surface area (Å²) in [4.78, 5) is 2.52. The Morgan fingerprint density at radius 3 is 2.13 bits per heavy atom. The first-order valence-electron chi connectivity index (χ1n) is 6.35. The normalized spacial score (nSPS) is 11.2. The topological polar surface area (TPSA) is 24.5 Å². The fraction of sp³-hybridized carbons (Fsp3) is 1.00. The molecule has 0 aliphatic heterocycles. The first-order chi connectivity index (χ1) is 7.35. The molecule has 0 amide bonds. The van der Waals surface area contributed by atoms with Crippen molar-refractivity contribution in [3.63, 3.8) is 0 Å². The number of ether oxygens (including phenoxy) is 1. The highest BCUT2D eigenvalue weighted by molar-refractivity contribution is 4.58. The number of nitrogens with zero attached hydrogens (tertiary/aromatic N) is 1. The molecule has 0 radical (unpaired) electrons. The van der Waals surface area contributed by atoms with Gasteiger partial charge < -0.3 is 15.0 Å². The van der Waals surface area contributed by atoms with Crippen LogP contribution < -0.4 is 5.32 Å². The average Bonchev–Trinajstić information content (AvgIpc) is 2.24. The molecule has 0 fully saturated rings. The summed E-state index contributed by atoms with van der Waals surface area (Å²) < 4.78 is 5.26. The van der Waals surface area contributed by atoms with Gasteiger partial charge in [-0.15, -0.1) is 0 Å². The van der Waals surface area contributed by atoms with E-state index in [2.05, 4.69) is 24.1 Å². The van der Waals surface area contributed by atoms with Crippen molar-refractivity contribution in [1.82, 2.24) is 10.2 Å². The maximum atomic E-state index is 5.26. The molecular formula is C12H28N2O. The predicted molar refractivity (Wildman–Crippen MR) is 66.4 cm³/mol. The molecule has 0 aliphatic rings. The summed E-state index contributed by atoms with van der Waals surface area (Å²) in [6, 6.07) is 0. The van der Waals surface area contributed by atoms with Crippen molar-refractivity contribution >= 4 is 0 Å². The van der Waals surface area contributed by atoms with Gasteiger partial charge >= 0.3 is 0 Å². The van der Waals surface area contributed by atoms with Crippen molar-refractivity contribution in [3.8, 4) is 0 Å². The first kappa shape index (κ1) is 14.9. The molecular weight excluding hydrogens is 188 g/mol. The minimum atomic E-state index is 0.819. The molecule has 0 bridgehead atoms. The van der Waals surface area contributed by atoms with Gasteiger partial charge in [0.25, 0.3) is 0 Å².